The monoisotopic (exact) mass is 485 g/mol. The van der Waals surface area contributed by atoms with Crippen molar-refractivity contribution < 1.29 is 17.9 Å². The van der Waals surface area contributed by atoms with Crippen molar-refractivity contribution >= 4 is 32.5 Å². The summed E-state index contributed by atoms with van der Waals surface area (Å²) < 4.78 is 34.1. The number of nitrogens with zero attached hydrogens (tertiary/aromatic N) is 2. The highest BCUT2D eigenvalue weighted by atomic mass is 32.2. The second kappa shape index (κ2) is 11.2. The number of ether oxygens (including phenoxy) is 1. The third-order valence-electron chi connectivity index (χ3n) is 6.56. The molecule has 1 N–H and O–H groups in total. The average Bonchev–Trinajstić information content (AvgIpc) is 2.82. The predicted octanol–water partition coefficient (Wildman–Crippen LogP) is 4.91. The van der Waals surface area contributed by atoms with Gasteiger partial charge in [-0.15, -0.1) is 0 Å². The lowest BCUT2D eigenvalue weighted by Gasteiger charge is -2.28. The quantitative estimate of drug-likeness (QED) is 0.294. The van der Waals surface area contributed by atoms with Crippen LogP contribution in [0.1, 0.15) is 58.3 Å². The fraction of sp³-hybridized carbons (Fsp3) is 0.538. The number of hydrogen-bond donors (Lipinski definition) is 1. The number of esters is 1. The maximum absolute atomic E-state index is 12.9. The molecule has 1 aliphatic carbocycles. The Balaban J connectivity index is 1.43. The van der Waals surface area contributed by atoms with Crippen molar-refractivity contribution in [3.63, 3.8) is 0 Å². The molecule has 1 aliphatic rings. The summed E-state index contributed by atoms with van der Waals surface area (Å²) >= 11 is 0. The number of carbonyl (C=O) groups excluding carboxylic acids is 1. The molecular weight excluding hydrogens is 450 g/mol. The van der Waals surface area contributed by atoms with Crippen LogP contribution in [0.15, 0.2) is 41.3 Å². The molecule has 0 amide bonds. The average molecular weight is 486 g/mol. The lowest BCUT2D eigenvalue weighted by molar-refractivity contribution is -0.151. The summed E-state index contributed by atoms with van der Waals surface area (Å²) in [5, 5.41) is 1.59. The molecule has 7 nitrogen and oxygen atoms in total. The summed E-state index contributed by atoms with van der Waals surface area (Å²) in [6.45, 7) is 9.55. The van der Waals surface area contributed by atoms with Gasteiger partial charge >= 0.3 is 5.97 Å². The van der Waals surface area contributed by atoms with Gasteiger partial charge in [-0.05, 0) is 37.8 Å². The van der Waals surface area contributed by atoms with Gasteiger partial charge in [0.15, 0.2) is 0 Å². The molecule has 0 unspecified atom stereocenters. The fourth-order valence-electron chi connectivity index (χ4n) is 4.43. The topological polar surface area (TPSA) is 80.1 Å². The van der Waals surface area contributed by atoms with E-state index in [1.54, 1.807) is 12.1 Å². The molecule has 0 bridgehead atoms. The van der Waals surface area contributed by atoms with Gasteiger partial charge in [0.25, 0.3) is 0 Å². The molecule has 8 heteroatoms. The molecule has 0 aromatic heterocycles. The van der Waals surface area contributed by atoms with Gasteiger partial charge in [0.2, 0.25) is 15.6 Å². The van der Waals surface area contributed by atoms with Gasteiger partial charge in [-0.3, -0.25) is 4.79 Å². The minimum atomic E-state index is -3.65. The Morgan fingerprint density at radius 3 is 2.47 bits per heavy atom. The molecule has 34 heavy (non-hydrogen) atoms. The number of anilines is 1. The molecular formula is C26H35N3O4S. The minimum Gasteiger partial charge on any atom is -0.462 e. The summed E-state index contributed by atoms with van der Waals surface area (Å²) in [7, 11) is 0.225. The molecule has 1 fully saturated rings. The van der Waals surface area contributed by atoms with E-state index in [2.05, 4.69) is 9.57 Å². The maximum Gasteiger partial charge on any atom is 0.306 e. The van der Waals surface area contributed by atoms with Gasteiger partial charge in [0.05, 0.1) is 4.90 Å². The van der Waals surface area contributed by atoms with Crippen LogP contribution in [0, 0.1) is 6.57 Å². The van der Waals surface area contributed by atoms with Crippen LogP contribution in [0.25, 0.3) is 15.6 Å². The maximum atomic E-state index is 12.9. The van der Waals surface area contributed by atoms with E-state index < -0.39 is 10.0 Å². The van der Waals surface area contributed by atoms with Crippen LogP contribution in [-0.4, -0.2) is 46.7 Å². The van der Waals surface area contributed by atoms with Crippen molar-refractivity contribution in [1.29, 1.82) is 0 Å². The summed E-state index contributed by atoms with van der Waals surface area (Å²) in [5.41, 5.74) is 0.659. The van der Waals surface area contributed by atoms with E-state index in [4.69, 9.17) is 11.3 Å². The fourth-order valence-corrected chi connectivity index (χ4v) is 5.73. The van der Waals surface area contributed by atoms with Gasteiger partial charge in [-0.1, -0.05) is 30.7 Å². The van der Waals surface area contributed by atoms with Crippen LogP contribution in [0.2, 0.25) is 0 Å². The van der Waals surface area contributed by atoms with E-state index in [-0.39, 0.29) is 22.5 Å². The Labute approximate surface area is 203 Å². The molecule has 184 valence electrons. The standard InChI is InChI=1S/C26H35N3O4S/c1-26(27-2)17-15-20(16-18-26)33-25(30)14-6-5-7-19-28-34(31,32)24-13-9-10-21-22(24)11-8-12-23(21)29(3)4/h8-13,20,28H,5-7,14-19H2,1,3-4H3. The Bertz CT molecular complexity index is 1150. The zero-order valence-corrected chi connectivity index (χ0v) is 21.2. The molecule has 0 radical (unpaired) electrons. The highest BCUT2D eigenvalue weighted by Gasteiger charge is 2.37. The van der Waals surface area contributed by atoms with E-state index in [0.29, 0.717) is 31.2 Å². The Morgan fingerprint density at radius 2 is 1.79 bits per heavy atom. The van der Waals surface area contributed by atoms with Crippen LogP contribution in [-0.2, 0) is 19.6 Å². The lowest BCUT2D eigenvalue weighted by Crippen LogP contribution is -2.32. The first-order chi connectivity index (χ1) is 16.1. The third-order valence-corrected chi connectivity index (χ3v) is 8.08. The van der Waals surface area contributed by atoms with Crippen LogP contribution in [0.5, 0.6) is 0 Å². The number of hydrogen-bond acceptors (Lipinski definition) is 5. The van der Waals surface area contributed by atoms with Gasteiger partial charge in [0.1, 0.15) is 6.10 Å². The van der Waals surface area contributed by atoms with Crippen LogP contribution in [0.3, 0.4) is 0 Å². The van der Waals surface area contributed by atoms with Crippen LogP contribution in [0.4, 0.5) is 5.69 Å². The summed E-state index contributed by atoms with van der Waals surface area (Å²) in [5.74, 6) is -0.204. The van der Waals surface area contributed by atoms with Gasteiger partial charge < -0.3 is 14.5 Å². The van der Waals surface area contributed by atoms with Crippen molar-refractivity contribution in [2.24, 2.45) is 0 Å². The summed E-state index contributed by atoms with van der Waals surface area (Å²) in [6, 6.07) is 11.0. The van der Waals surface area contributed by atoms with Crippen LogP contribution >= 0.6 is 0 Å². The molecule has 2 aromatic carbocycles. The van der Waals surface area contributed by atoms with Crippen LogP contribution < -0.4 is 9.62 Å². The number of fused-ring (bicyclic) bond motifs is 1. The molecule has 0 aliphatic heterocycles. The van der Waals surface area contributed by atoms with E-state index in [9.17, 15) is 13.2 Å². The van der Waals surface area contributed by atoms with E-state index in [0.717, 1.165) is 43.2 Å². The molecule has 2 aromatic rings. The van der Waals surface area contributed by atoms with E-state index >= 15 is 0 Å². The van der Waals surface area contributed by atoms with E-state index in [1.165, 1.54) is 0 Å². The largest absolute Gasteiger partial charge is 0.462 e. The van der Waals surface area contributed by atoms with Crippen molar-refractivity contribution in [3.8, 4) is 0 Å². The summed E-state index contributed by atoms with van der Waals surface area (Å²) in [4.78, 5) is 18.1. The van der Waals surface area contributed by atoms with E-state index in [1.807, 2.05) is 50.2 Å². The first-order valence-corrected chi connectivity index (χ1v) is 13.4. The molecule has 0 atom stereocenters. The number of rotatable bonds is 10. The minimum absolute atomic E-state index is 0.0807. The number of nitrogens with one attached hydrogen (secondary N) is 1. The highest BCUT2D eigenvalue weighted by molar-refractivity contribution is 7.89. The predicted molar refractivity (Wildman–Crippen MR) is 135 cm³/mol. The molecule has 0 saturated heterocycles. The van der Waals surface area contributed by atoms with Gasteiger partial charge in [-0.25, -0.2) is 19.7 Å². The van der Waals surface area contributed by atoms with Gasteiger partial charge in [-0.2, -0.15) is 0 Å². The van der Waals surface area contributed by atoms with Gasteiger partial charge in [0, 0.05) is 63.3 Å². The third kappa shape index (κ3) is 6.49. The highest BCUT2D eigenvalue weighted by Crippen LogP contribution is 2.33. The molecule has 0 spiro atoms. The first-order valence-electron chi connectivity index (χ1n) is 11.9. The second-order valence-corrected chi connectivity index (χ2v) is 11.3. The number of sulfonamides is 1. The molecule has 1 saturated carbocycles. The summed E-state index contributed by atoms with van der Waals surface area (Å²) in [6.07, 6.45) is 5.32. The number of unbranched alkanes of at least 4 members (excludes halogenated alkanes) is 2. The first kappa shape index (κ1) is 26.0. The van der Waals surface area contributed by atoms with Crippen molar-refractivity contribution in [2.75, 3.05) is 25.5 Å². The molecule has 0 heterocycles. The Morgan fingerprint density at radius 1 is 1.12 bits per heavy atom. The zero-order valence-electron chi connectivity index (χ0n) is 20.3. The molecule has 3 rings (SSSR count). The zero-order chi connectivity index (χ0) is 24.8. The number of benzene rings is 2. The normalized spacial score (nSPS) is 20.6. The Kier molecular flexibility index (Phi) is 8.56. The van der Waals surface area contributed by atoms with Crippen molar-refractivity contribution in [3.05, 3.63) is 47.8 Å². The smallest absolute Gasteiger partial charge is 0.306 e. The van der Waals surface area contributed by atoms with Crippen molar-refractivity contribution in [1.82, 2.24) is 4.72 Å². The number of carbonyl (C=O) groups is 1. The van der Waals surface area contributed by atoms with Crippen molar-refractivity contribution in [2.45, 2.75) is 74.8 Å². The second-order valence-electron chi connectivity index (χ2n) is 9.53. The Hall–Kier alpha value is -2.63. The SMILES string of the molecule is [C-]#[N+]C1(C)CCC(OC(=O)CCCCCNS(=O)(=O)c2cccc3c(N(C)C)cccc23)CC1. The lowest BCUT2D eigenvalue weighted by atomic mass is 9.82.